The fourth-order valence-corrected chi connectivity index (χ4v) is 4.71. The summed E-state index contributed by atoms with van der Waals surface area (Å²) in [6, 6.07) is 13.4. The Labute approximate surface area is 216 Å². The van der Waals surface area contributed by atoms with Crippen LogP contribution in [0.3, 0.4) is 0 Å². The Morgan fingerprint density at radius 1 is 1.03 bits per heavy atom. The van der Waals surface area contributed by atoms with Gasteiger partial charge in [-0.15, -0.1) is 10.2 Å². The van der Waals surface area contributed by atoms with Gasteiger partial charge in [-0.05, 0) is 66.9 Å². The standard InChI is InChI=1S/C26H21Cl2FN6O/c1-14-7-22-23(8-15(14)2)34-25(33-22)19(16-3-5-17(29)6-4-16)11-30-26(36)24-20(27)9-18(10-21(24)28)35-12-31-32-13-35/h3-10,12-13,19H,11H2,1-2H3,(H,30,36)(H,33,34). The van der Waals surface area contributed by atoms with Gasteiger partial charge < -0.3 is 10.3 Å². The van der Waals surface area contributed by atoms with Gasteiger partial charge in [-0.2, -0.15) is 0 Å². The molecule has 182 valence electrons. The fourth-order valence-electron chi connectivity index (χ4n) is 4.06. The molecule has 10 heteroatoms. The molecule has 3 aromatic carbocycles. The molecule has 0 saturated carbocycles. The van der Waals surface area contributed by atoms with Gasteiger partial charge in [0.05, 0.1) is 38.2 Å². The lowest BCUT2D eigenvalue weighted by Gasteiger charge is -2.17. The molecule has 5 aromatic rings. The van der Waals surface area contributed by atoms with Crippen LogP contribution < -0.4 is 5.32 Å². The SMILES string of the molecule is Cc1cc2nc(C(CNC(=O)c3c(Cl)cc(-n4cnnc4)cc3Cl)c3ccc(F)cc3)[nH]c2cc1C. The van der Waals surface area contributed by atoms with E-state index in [-0.39, 0.29) is 33.9 Å². The molecular weight excluding hydrogens is 502 g/mol. The number of benzene rings is 3. The first-order valence-corrected chi connectivity index (χ1v) is 11.9. The molecule has 0 aliphatic carbocycles. The number of carbonyl (C=O) groups is 1. The quantitative estimate of drug-likeness (QED) is 0.296. The molecule has 0 fully saturated rings. The van der Waals surface area contributed by atoms with E-state index in [0.29, 0.717) is 11.5 Å². The van der Waals surface area contributed by atoms with Crippen LogP contribution >= 0.6 is 23.2 Å². The lowest BCUT2D eigenvalue weighted by molar-refractivity contribution is 0.0952. The average Bonchev–Trinajstić information content (AvgIpc) is 3.51. The smallest absolute Gasteiger partial charge is 0.254 e. The van der Waals surface area contributed by atoms with Crippen molar-refractivity contribution >= 4 is 40.1 Å². The number of carbonyl (C=O) groups excluding carboxylic acids is 1. The minimum atomic E-state index is -0.435. The molecule has 1 atom stereocenters. The number of H-pyrrole nitrogens is 1. The van der Waals surface area contributed by atoms with Crippen molar-refractivity contribution in [1.29, 1.82) is 0 Å². The maximum Gasteiger partial charge on any atom is 0.254 e. The zero-order valence-corrected chi connectivity index (χ0v) is 20.9. The summed E-state index contributed by atoms with van der Waals surface area (Å²) < 4.78 is 15.3. The molecule has 36 heavy (non-hydrogen) atoms. The van der Waals surface area contributed by atoms with Crippen molar-refractivity contribution in [2.24, 2.45) is 0 Å². The minimum absolute atomic E-state index is 0.156. The van der Waals surface area contributed by atoms with E-state index in [4.69, 9.17) is 28.2 Å². The highest BCUT2D eigenvalue weighted by Gasteiger charge is 2.22. The van der Waals surface area contributed by atoms with Gasteiger partial charge in [-0.25, -0.2) is 9.37 Å². The highest BCUT2D eigenvalue weighted by atomic mass is 35.5. The number of hydrogen-bond acceptors (Lipinski definition) is 4. The summed E-state index contributed by atoms with van der Waals surface area (Å²) >= 11 is 12.9. The summed E-state index contributed by atoms with van der Waals surface area (Å²) in [5, 5.41) is 10.8. The number of amides is 1. The van der Waals surface area contributed by atoms with Crippen LogP contribution in [0.2, 0.25) is 10.0 Å². The van der Waals surface area contributed by atoms with E-state index in [1.807, 2.05) is 26.0 Å². The topological polar surface area (TPSA) is 88.5 Å². The van der Waals surface area contributed by atoms with Crippen molar-refractivity contribution in [2.75, 3.05) is 6.54 Å². The first-order chi connectivity index (χ1) is 17.3. The molecule has 0 radical (unpaired) electrons. The molecule has 0 aliphatic heterocycles. The van der Waals surface area contributed by atoms with Gasteiger partial charge in [0.15, 0.2) is 0 Å². The van der Waals surface area contributed by atoms with Crippen molar-refractivity contribution < 1.29 is 9.18 Å². The second-order valence-corrected chi connectivity index (χ2v) is 9.36. The third-order valence-electron chi connectivity index (χ3n) is 6.16. The van der Waals surface area contributed by atoms with Crippen LogP contribution in [0.1, 0.15) is 38.8 Å². The van der Waals surface area contributed by atoms with Gasteiger partial charge in [0.1, 0.15) is 24.3 Å². The maximum absolute atomic E-state index is 13.6. The van der Waals surface area contributed by atoms with Crippen LogP contribution in [0.25, 0.3) is 16.7 Å². The van der Waals surface area contributed by atoms with Crippen LogP contribution in [-0.2, 0) is 0 Å². The normalized spacial score (nSPS) is 12.1. The lowest BCUT2D eigenvalue weighted by atomic mass is 9.98. The third kappa shape index (κ3) is 4.69. The monoisotopic (exact) mass is 522 g/mol. The van der Waals surface area contributed by atoms with E-state index in [1.54, 1.807) is 28.8 Å². The van der Waals surface area contributed by atoms with E-state index < -0.39 is 5.91 Å². The highest BCUT2D eigenvalue weighted by Crippen LogP contribution is 2.30. The summed E-state index contributed by atoms with van der Waals surface area (Å²) in [5.41, 5.74) is 5.57. The molecular formula is C26H21Cl2FN6O. The number of hydrogen-bond donors (Lipinski definition) is 2. The number of halogens is 3. The number of imidazole rings is 1. The zero-order valence-electron chi connectivity index (χ0n) is 19.4. The number of aromatic nitrogens is 5. The molecule has 0 spiro atoms. The summed E-state index contributed by atoms with van der Waals surface area (Å²) in [6.07, 6.45) is 3.01. The first kappa shape index (κ1) is 24.0. The van der Waals surface area contributed by atoms with Crippen molar-refractivity contribution in [2.45, 2.75) is 19.8 Å². The molecule has 2 aromatic heterocycles. The number of aryl methyl sites for hydroxylation is 2. The highest BCUT2D eigenvalue weighted by molar-refractivity contribution is 6.40. The number of aromatic amines is 1. The van der Waals surface area contributed by atoms with Crippen LogP contribution in [0.5, 0.6) is 0 Å². The van der Waals surface area contributed by atoms with E-state index >= 15 is 0 Å². The van der Waals surface area contributed by atoms with Crippen LogP contribution in [0.15, 0.2) is 61.2 Å². The van der Waals surface area contributed by atoms with Gasteiger partial charge in [0.2, 0.25) is 0 Å². The Morgan fingerprint density at radius 2 is 1.67 bits per heavy atom. The Balaban J connectivity index is 1.45. The Hall–Kier alpha value is -3.75. The number of nitrogens with one attached hydrogen (secondary N) is 2. The summed E-state index contributed by atoms with van der Waals surface area (Å²) in [4.78, 5) is 21.3. The maximum atomic E-state index is 13.6. The second kappa shape index (κ2) is 9.72. The third-order valence-corrected chi connectivity index (χ3v) is 6.75. The average molecular weight is 523 g/mol. The number of rotatable bonds is 6. The van der Waals surface area contributed by atoms with E-state index in [9.17, 15) is 9.18 Å². The van der Waals surface area contributed by atoms with E-state index in [0.717, 1.165) is 27.7 Å². The first-order valence-electron chi connectivity index (χ1n) is 11.1. The summed E-state index contributed by atoms with van der Waals surface area (Å²) in [7, 11) is 0. The van der Waals surface area contributed by atoms with Gasteiger partial charge in [0, 0.05) is 6.54 Å². The van der Waals surface area contributed by atoms with Crippen LogP contribution in [0, 0.1) is 19.7 Å². The largest absolute Gasteiger partial charge is 0.351 e. The zero-order chi connectivity index (χ0) is 25.4. The van der Waals surface area contributed by atoms with Gasteiger partial charge in [-0.3, -0.25) is 9.36 Å². The molecule has 7 nitrogen and oxygen atoms in total. The van der Waals surface area contributed by atoms with Gasteiger partial charge in [-0.1, -0.05) is 35.3 Å². The van der Waals surface area contributed by atoms with Crippen LogP contribution in [-0.4, -0.2) is 37.2 Å². The minimum Gasteiger partial charge on any atom is -0.351 e. The lowest BCUT2D eigenvalue weighted by Crippen LogP contribution is -2.30. The molecule has 1 amide bonds. The molecule has 0 bridgehead atoms. The van der Waals surface area contributed by atoms with Crippen molar-refractivity contribution in [1.82, 2.24) is 30.0 Å². The number of fused-ring (bicyclic) bond motifs is 1. The Kier molecular flexibility index (Phi) is 6.47. The van der Waals surface area contributed by atoms with Gasteiger partial charge in [0.25, 0.3) is 5.91 Å². The summed E-state index contributed by atoms with van der Waals surface area (Å²) in [5.74, 6) is -0.488. The molecule has 2 N–H and O–H groups in total. The Morgan fingerprint density at radius 3 is 2.33 bits per heavy atom. The Bertz CT molecular complexity index is 1500. The predicted octanol–water partition coefficient (Wildman–Crippen LogP) is 5.77. The van der Waals surface area contributed by atoms with Crippen molar-refractivity contribution in [3.8, 4) is 5.69 Å². The molecule has 1 unspecified atom stereocenters. The molecule has 0 saturated heterocycles. The van der Waals surface area contributed by atoms with Crippen LogP contribution in [0.4, 0.5) is 4.39 Å². The second-order valence-electron chi connectivity index (χ2n) is 8.54. The van der Waals surface area contributed by atoms with Gasteiger partial charge >= 0.3 is 0 Å². The molecule has 0 aliphatic rings. The van der Waals surface area contributed by atoms with Crippen molar-refractivity contribution in [3.05, 3.63) is 105 Å². The van der Waals surface area contributed by atoms with E-state index in [2.05, 4.69) is 20.5 Å². The molecule has 2 heterocycles. The number of nitrogens with zero attached hydrogens (tertiary/aromatic N) is 4. The fraction of sp³-hybridized carbons (Fsp3) is 0.154. The van der Waals surface area contributed by atoms with Crippen molar-refractivity contribution in [3.63, 3.8) is 0 Å². The summed E-state index contributed by atoms with van der Waals surface area (Å²) in [6.45, 7) is 4.25. The molecule has 5 rings (SSSR count). The van der Waals surface area contributed by atoms with E-state index in [1.165, 1.54) is 24.8 Å². The predicted molar refractivity (Wildman–Crippen MR) is 138 cm³/mol.